The van der Waals surface area contributed by atoms with Crippen LogP contribution in [0.2, 0.25) is 0 Å². The van der Waals surface area contributed by atoms with Crippen LogP contribution in [0.1, 0.15) is 41.3 Å². The summed E-state index contributed by atoms with van der Waals surface area (Å²) in [4.78, 5) is 25.5. The highest BCUT2D eigenvalue weighted by Crippen LogP contribution is 2.39. The third-order valence-corrected chi connectivity index (χ3v) is 5.50. The van der Waals surface area contributed by atoms with E-state index in [1.807, 2.05) is 0 Å². The molecule has 0 aromatic heterocycles. The zero-order chi connectivity index (χ0) is 15.7. The second-order valence-corrected chi connectivity index (χ2v) is 7.12. The zero-order valence-corrected chi connectivity index (χ0v) is 14.7. The minimum absolute atomic E-state index is 0.0795. The Morgan fingerprint density at radius 3 is 2.91 bits per heavy atom. The summed E-state index contributed by atoms with van der Waals surface area (Å²) < 4.78 is 0. The molecule has 0 aliphatic carbocycles. The van der Waals surface area contributed by atoms with Crippen molar-refractivity contribution in [3.8, 4) is 0 Å². The number of aryl methyl sites for hydroxylation is 1. The maximum absolute atomic E-state index is 12.1. The number of fused-ring (bicyclic) bond motifs is 1. The van der Waals surface area contributed by atoms with Gasteiger partial charge in [0.2, 0.25) is 11.8 Å². The molecular weight excluding hydrogens is 364 g/mol. The van der Waals surface area contributed by atoms with Crippen molar-refractivity contribution in [1.29, 1.82) is 0 Å². The van der Waals surface area contributed by atoms with Crippen LogP contribution in [0.3, 0.4) is 0 Å². The number of hydrogen-bond donors (Lipinski definition) is 2. The lowest BCUT2D eigenvalue weighted by Crippen LogP contribution is -2.51. The van der Waals surface area contributed by atoms with Crippen LogP contribution in [-0.2, 0) is 22.6 Å². The van der Waals surface area contributed by atoms with Crippen molar-refractivity contribution in [1.82, 2.24) is 10.2 Å². The highest BCUT2D eigenvalue weighted by molar-refractivity contribution is 9.09. The van der Waals surface area contributed by atoms with E-state index in [4.69, 9.17) is 12.6 Å². The van der Waals surface area contributed by atoms with E-state index < -0.39 is 0 Å². The van der Waals surface area contributed by atoms with Gasteiger partial charge in [-0.3, -0.25) is 19.8 Å². The van der Waals surface area contributed by atoms with Gasteiger partial charge in [0.25, 0.3) is 0 Å². The number of halogens is 1. The quantitative estimate of drug-likeness (QED) is 0.477. The van der Waals surface area contributed by atoms with Gasteiger partial charge >= 0.3 is 0 Å². The van der Waals surface area contributed by atoms with Crippen molar-refractivity contribution in [3.05, 3.63) is 34.9 Å². The molecular formula is C16H19BrN2O2S. The average molecular weight is 383 g/mol. The summed E-state index contributed by atoms with van der Waals surface area (Å²) in [6.45, 7) is 0.720. The predicted molar refractivity (Wildman–Crippen MR) is 92.0 cm³/mol. The number of rotatable bonds is 4. The molecule has 2 atom stereocenters. The summed E-state index contributed by atoms with van der Waals surface area (Å²) in [7, 11) is 0. The number of hydrogen-bond acceptors (Lipinski definition) is 4. The minimum atomic E-state index is -0.265. The standard InChI is InChI=1S/C16H19BrN2O2S/c17-7-1-2-10-3-4-12-11(8-10)9-19(16(12)22)13-5-6-14(20)18-15(13)21/h3-4,8,13,16,22H,1-2,5-7,9H2,(H,18,20,21). The molecule has 1 aromatic rings. The van der Waals surface area contributed by atoms with Gasteiger partial charge in [-0.05, 0) is 36.0 Å². The molecule has 1 saturated heterocycles. The molecule has 1 aromatic carbocycles. The van der Waals surface area contributed by atoms with Crippen LogP contribution in [0.5, 0.6) is 0 Å². The number of nitrogens with zero attached hydrogens (tertiary/aromatic N) is 1. The smallest absolute Gasteiger partial charge is 0.243 e. The molecule has 0 spiro atoms. The molecule has 2 unspecified atom stereocenters. The number of thiol groups is 1. The molecule has 2 aliphatic heterocycles. The molecule has 2 aliphatic rings. The Bertz CT molecular complexity index is 608. The Morgan fingerprint density at radius 1 is 1.36 bits per heavy atom. The van der Waals surface area contributed by atoms with E-state index >= 15 is 0 Å². The second-order valence-electron chi connectivity index (χ2n) is 5.84. The Labute approximate surface area is 144 Å². The largest absolute Gasteiger partial charge is 0.295 e. The van der Waals surface area contributed by atoms with Crippen molar-refractivity contribution in [2.24, 2.45) is 0 Å². The first-order chi connectivity index (χ1) is 10.6. The molecule has 0 radical (unpaired) electrons. The van der Waals surface area contributed by atoms with E-state index in [2.05, 4.69) is 44.3 Å². The Hall–Kier alpha value is -0.850. The Morgan fingerprint density at radius 2 is 2.18 bits per heavy atom. The minimum Gasteiger partial charge on any atom is -0.295 e. The Balaban J connectivity index is 1.77. The first-order valence-electron chi connectivity index (χ1n) is 7.55. The molecule has 6 heteroatoms. The van der Waals surface area contributed by atoms with Crippen molar-refractivity contribution in [3.63, 3.8) is 0 Å². The van der Waals surface area contributed by atoms with Crippen LogP contribution in [-0.4, -0.2) is 28.1 Å². The summed E-state index contributed by atoms with van der Waals surface area (Å²) in [6.07, 6.45) is 3.14. The molecule has 4 nitrogen and oxygen atoms in total. The summed E-state index contributed by atoms with van der Waals surface area (Å²) >= 11 is 8.16. The van der Waals surface area contributed by atoms with Crippen LogP contribution in [0.4, 0.5) is 0 Å². The number of amides is 2. The van der Waals surface area contributed by atoms with Gasteiger partial charge in [0.05, 0.1) is 11.4 Å². The summed E-state index contributed by atoms with van der Waals surface area (Å²) in [5, 5.41) is 3.36. The number of nitrogens with one attached hydrogen (secondary N) is 1. The molecule has 2 amide bonds. The molecule has 3 rings (SSSR count). The topological polar surface area (TPSA) is 49.4 Å². The normalized spacial score (nSPS) is 25.2. The second kappa shape index (κ2) is 6.72. The van der Waals surface area contributed by atoms with Gasteiger partial charge < -0.3 is 0 Å². The lowest BCUT2D eigenvalue weighted by atomic mass is 10.0. The van der Waals surface area contributed by atoms with E-state index in [9.17, 15) is 9.59 Å². The number of imide groups is 1. The summed E-state index contributed by atoms with van der Waals surface area (Å²) in [5.74, 6) is -0.367. The van der Waals surface area contributed by atoms with Crippen molar-refractivity contribution in [2.45, 2.75) is 43.6 Å². The maximum Gasteiger partial charge on any atom is 0.243 e. The Kier molecular flexibility index (Phi) is 4.90. The van der Waals surface area contributed by atoms with Gasteiger partial charge in [-0.1, -0.05) is 34.1 Å². The number of alkyl halides is 1. The fraction of sp³-hybridized carbons (Fsp3) is 0.500. The number of piperidine rings is 1. The molecule has 0 bridgehead atoms. The van der Waals surface area contributed by atoms with Gasteiger partial charge in [-0.25, -0.2) is 0 Å². The molecule has 1 N–H and O–H groups in total. The number of carbonyl (C=O) groups is 2. The van der Waals surface area contributed by atoms with Gasteiger partial charge in [-0.15, -0.1) is 0 Å². The molecule has 118 valence electrons. The van der Waals surface area contributed by atoms with Crippen molar-refractivity contribution < 1.29 is 9.59 Å². The van der Waals surface area contributed by atoms with Crippen LogP contribution < -0.4 is 5.32 Å². The fourth-order valence-electron chi connectivity index (χ4n) is 3.22. The van der Waals surface area contributed by atoms with Crippen molar-refractivity contribution >= 4 is 40.4 Å². The monoisotopic (exact) mass is 382 g/mol. The van der Waals surface area contributed by atoms with Crippen LogP contribution >= 0.6 is 28.6 Å². The van der Waals surface area contributed by atoms with E-state index in [-0.39, 0.29) is 23.2 Å². The van der Waals surface area contributed by atoms with Crippen LogP contribution in [0.25, 0.3) is 0 Å². The highest BCUT2D eigenvalue weighted by atomic mass is 79.9. The zero-order valence-electron chi connectivity index (χ0n) is 12.2. The van der Waals surface area contributed by atoms with Gasteiger partial charge in [0.15, 0.2) is 0 Å². The van der Waals surface area contributed by atoms with E-state index in [1.54, 1.807) is 0 Å². The fourth-order valence-corrected chi connectivity index (χ4v) is 3.99. The lowest BCUT2D eigenvalue weighted by Gasteiger charge is -2.32. The third kappa shape index (κ3) is 3.09. The molecule has 1 fully saturated rings. The van der Waals surface area contributed by atoms with Crippen molar-refractivity contribution in [2.75, 3.05) is 5.33 Å². The maximum atomic E-state index is 12.1. The predicted octanol–water partition coefficient (Wildman–Crippen LogP) is 2.56. The van der Waals surface area contributed by atoms with E-state index in [1.165, 1.54) is 16.7 Å². The number of benzene rings is 1. The molecule has 22 heavy (non-hydrogen) atoms. The molecule has 0 saturated carbocycles. The highest BCUT2D eigenvalue weighted by Gasteiger charge is 2.38. The summed E-state index contributed by atoms with van der Waals surface area (Å²) in [5.41, 5.74) is 3.75. The average Bonchev–Trinajstić information content (AvgIpc) is 2.82. The van der Waals surface area contributed by atoms with Gasteiger partial charge in [-0.2, -0.15) is 12.6 Å². The first kappa shape index (κ1) is 16.0. The number of carbonyl (C=O) groups excluding carboxylic acids is 2. The summed E-state index contributed by atoms with van der Waals surface area (Å²) in [6, 6.07) is 6.24. The van der Waals surface area contributed by atoms with E-state index in [0.29, 0.717) is 12.8 Å². The lowest BCUT2D eigenvalue weighted by molar-refractivity contribution is -0.137. The SMILES string of the molecule is O=C1CCC(N2Cc3cc(CCCBr)ccc3C2S)C(=O)N1. The van der Waals surface area contributed by atoms with Crippen LogP contribution in [0.15, 0.2) is 18.2 Å². The first-order valence-corrected chi connectivity index (χ1v) is 9.19. The van der Waals surface area contributed by atoms with Crippen LogP contribution in [0, 0.1) is 0 Å². The molecule has 2 heterocycles. The van der Waals surface area contributed by atoms with Gasteiger partial charge in [0.1, 0.15) is 0 Å². The van der Waals surface area contributed by atoms with Gasteiger partial charge in [0, 0.05) is 18.3 Å². The third-order valence-electron chi connectivity index (χ3n) is 4.36. The van der Waals surface area contributed by atoms with E-state index in [0.717, 1.165) is 24.7 Å².